The van der Waals surface area contributed by atoms with Crippen molar-refractivity contribution in [3.05, 3.63) is 36.0 Å². The molecule has 0 aliphatic carbocycles. The molecule has 41 heavy (non-hydrogen) atoms. The van der Waals surface area contributed by atoms with Crippen molar-refractivity contribution in [2.45, 2.75) is 76.5 Å². The van der Waals surface area contributed by atoms with E-state index < -0.39 is 59.7 Å². The lowest BCUT2D eigenvalue weighted by Gasteiger charge is -2.26. The van der Waals surface area contributed by atoms with Gasteiger partial charge in [-0.15, -0.1) is 0 Å². The summed E-state index contributed by atoms with van der Waals surface area (Å²) in [6, 6.07) is 2.32. The molecule has 4 atom stereocenters. The largest absolute Gasteiger partial charge is 0.481 e. The molecule has 14 heteroatoms. The van der Waals surface area contributed by atoms with Gasteiger partial charge in [-0.05, 0) is 36.8 Å². The van der Waals surface area contributed by atoms with Gasteiger partial charge in [0.1, 0.15) is 18.1 Å². The van der Waals surface area contributed by atoms with Gasteiger partial charge in [-0.2, -0.15) is 0 Å². The standard InChI is InChI=1S/C27H38N6O8/c1-14(2)11-20(32-24(37)17(28)7-10-23(35)36)25(38)33-21(12-15-13-30-18-6-4-3-5-16(15)18)26(39)31-19(27(40)41)8-9-22(29)34/h3-6,13-14,17,19-21,30H,7-12,28H2,1-2H3,(H2,29,34)(H,31,39)(H,32,37)(H,33,38)(H,35,36)(H,40,41). The highest BCUT2D eigenvalue weighted by atomic mass is 16.4. The summed E-state index contributed by atoms with van der Waals surface area (Å²) in [4.78, 5) is 76.2. The van der Waals surface area contributed by atoms with Crippen LogP contribution in [0.15, 0.2) is 30.5 Å². The first kappa shape index (κ1) is 32.8. The number of aromatic amines is 1. The predicted octanol–water partition coefficient (Wildman–Crippen LogP) is -0.247. The number of rotatable bonds is 17. The number of fused-ring (bicyclic) bond motifs is 1. The van der Waals surface area contributed by atoms with Crippen molar-refractivity contribution in [3.8, 4) is 0 Å². The second-order valence-electron chi connectivity index (χ2n) is 10.3. The molecule has 0 spiro atoms. The minimum Gasteiger partial charge on any atom is -0.481 e. The molecule has 1 aromatic heterocycles. The Hall–Kier alpha value is -4.46. The maximum absolute atomic E-state index is 13.4. The summed E-state index contributed by atoms with van der Waals surface area (Å²) in [5.74, 6) is -5.53. The Balaban J connectivity index is 2.30. The van der Waals surface area contributed by atoms with Gasteiger partial charge in [-0.25, -0.2) is 4.79 Å². The van der Waals surface area contributed by atoms with Crippen LogP contribution in [-0.2, 0) is 35.2 Å². The Kier molecular flexibility index (Phi) is 12.3. The van der Waals surface area contributed by atoms with Gasteiger partial charge >= 0.3 is 11.9 Å². The summed E-state index contributed by atoms with van der Waals surface area (Å²) >= 11 is 0. The molecular weight excluding hydrogens is 536 g/mol. The molecule has 2 rings (SSSR count). The highest BCUT2D eigenvalue weighted by Crippen LogP contribution is 2.19. The SMILES string of the molecule is CC(C)CC(NC(=O)C(N)CCC(=O)O)C(=O)NC(Cc1c[nH]c2ccccc12)C(=O)NC(CCC(N)=O)C(=O)O. The van der Waals surface area contributed by atoms with Gasteiger partial charge in [0.05, 0.1) is 6.04 Å². The number of para-hydroxylation sites is 1. The molecule has 0 saturated heterocycles. The molecule has 1 heterocycles. The van der Waals surface area contributed by atoms with Crippen molar-refractivity contribution < 1.29 is 39.0 Å². The number of aromatic nitrogens is 1. The van der Waals surface area contributed by atoms with Crippen LogP contribution < -0.4 is 27.4 Å². The maximum atomic E-state index is 13.4. The van der Waals surface area contributed by atoms with Crippen LogP contribution in [-0.4, -0.2) is 74.9 Å². The Morgan fingerprint density at radius 1 is 0.854 bits per heavy atom. The Morgan fingerprint density at radius 2 is 1.46 bits per heavy atom. The number of hydrogen-bond donors (Lipinski definition) is 8. The lowest BCUT2D eigenvalue weighted by Crippen LogP contribution is -2.58. The van der Waals surface area contributed by atoms with Crippen LogP contribution in [0.5, 0.6) is 0 Å². The molecule has 224 valence electrons. The molecule has 1 aromatic carbocycles. The number of amides is 4. The van der Waals surface area contributed by atoms with E-state index in [2.05, 4.69) is 20.9 Å². The third-order valence-electron chi connectivity index (χ3n) is 6.37. The van der Waals surface area contributed by atoms with Crippen LogP contribution in [0.3, 0.4) is 0 Å². The van der Waals surface area contributed by atoms with Crippen molar-refractivity contribution >= 4 is 46.5 Å². The number of nitrogens with one attached hydrogen (secondary N) is 4. The van der Waals surface area contributed by atoms with Gasteiger partial charge in [-0.1, -0.05) is 32.0 Å². The summed E-state index contributed by atoms with van der Waals surface area (Å²) in [6.45, 7) is 3.65. The number of H-pyrrole nitrogens is 1. The third kappa shape index (κ3) is 10.6. The van der Waals surface area contributed by atoms with Crippen LogP contribution >= 0.6 is 0 Å². The van der Waals surface area contributed by atoms with Crippen molar-refractivity contribution in [3.63, 3.8) is 0 Å². The second-order valence-corrected chi connectivity index (χ2v) is 10.3. The average molecular weight is 575 g/mol. The molecule has 0 aliphatic rings. The molecule has 10 N–H and O–H groups in total. The zero-order chi connectivity index (χ0) is 30.7. The lowest BCUT2D eigenvalue weighted by molar-refractivity contribution is -0.142. The number of benzene rings is 1. The highest BCUT2D eigenvalue weighted by Gasteiger charge is 2.31. The van der Waals surface area contributed by atoms with E-state index in [9.17, 15) is 33.9 Å². The minimum atomic E-state index is -1.43. The van der Waals surface area contributed by atoms with Gasteiger partial charge in [-0.3, -0.25) is 24.0 Å². The van der Waals surface area contributed by atoms with Crippen LogP contribution in [0.25, 0.3) is 10.9 Å². The first-order valence-corrected chi connectivity index (χ1v) is 13.2. The summed E-state index contributed by atoms with van der Waals surface area (Å²) in [5.41, 5.74) is 12.4. The third-order valence-corrected chi connectivity index (χ3v) is 6.37. The van der Waals surface area contributed by atoms with E-state index in [1.807, 2.05) is 32.0 Å². The normalized spacial score (nSPS) is 14.0. The number of primary amides is 1. The summed E-state index contributed by atoms with van der Waals surface area (Å²) in [6.07, 6.45) is 0.846. The fourth-order valence-corrected chi connectivity index (χ4v) is 4.21. The van der Waals surface area contributed by atoms with E-state index in [1.54, 1.807) is 12.3 Å². The van der Waals surface area contributed by atoms with E-state index in [-0.39, 0.29) is 44.4 Å². The first-order chi connectivity index (χ1) is 19.3. The second kappa shape index (κ2) is 15.4. The van der Waals surface area contributed by atoms with Crippen LogP contribution in [0.2, 0.25) is 0 Å². The fraction of sp³-hybridized carbons (Fsp3) is 0.481. The summed E-state index contributed by atoms with van der Waals surface area (Å²) < 4.78 is 0. The molecule has 0 bridgehead atoms. The molecule has 4 amide bonds. The zero-order valence-electron chi connectivity index (χ0n) is 23.0. The van der Waals surface area contributed by atoms with Crippen molar-refractivity contribution in [1.82, 2.24) is 20.9 Å². The molecule has 4 unspecified atom stereocenters. The van der Waals surface area contributed by atoms with Gasteiger partial charge in [0.25, 0.3) is 0 Å². The van der Waals surface area contributed by atoms with Gasteiger partial charge < -0.3 is 42.6 Å². The summed E-state index contributed by atoms with van der Waals surface area (Å²) in [7, 11) is 0. The number of carbonyl (C=O) groups excluding carboxylic acids is 4. The minimum absolute atomic E-state index is 0.0236. The van der Waals surface area contributed by atoms with Crippen molar-refractivity contribution in [2.75, 3.05) is 0 Å². The Labute approximate surface area is 236 Å². The molecule has 0 aliphatic heterocycles. The van der Waals surface area contributed by atoms with Crippen molar-refractivity contribution in [2.24, 2.45) is 17.4 Å². The lowest BCUT2D eigenvalue weighted by atomic mass is 10.00. The average Bonchev–Trinajstić information content (AvgIpc) is 3.30. The first-order valence-electron chi connectivity index (χ1n) is 13.2. The highest BCUT2D eigenvalue weighted by molar-refractivity contribution is 5.95. The van der Waals surface area contributed by atoms with Crippen LogP contribution in [0.1, 0.15) is 51.5 Å². The Morgan fingerprint density at radius 3 is 2.07 bits per heavy atom. The van der Waals surface area contributed by atoms with Crippen molar-refractivity contribution in [1.29, 1.82) is 0 Å². The number of nitrogens with two attached hydrogens (primary N) is 2. The van der Waals surface area contributed by atoms with E-state index in [1.165, 1.54) is 0 Å². The number of hydrogen-bond acceptors (Lipinski definition) is 7. The fourth-order valence-electron chi connectivity index (χ4n) is 4.21. The Bertz CT molecular complexity index is 1260. The number of aliphatic carboxylic acids is 2. The molecule has 2 aromatic rings. The zero-order valence-corrected chi connectivity index (χ0v) is 23.0. The number of carboxylic acid groups (broad SMARTS) is 2. The molecule has 0 fully saturated rings. The molecule has 14 nitrogen and oxygen atoms in total. The molecule has 0 radical (unpaired) electrons. The monoisotopic (exact) mass is 574 g/mol. The number of carboxylic acids is 2. The van der Waals surface area contributed by atoms with Gasteiger partial charge in [0.2, 0.25) is 23.6 Å². The maximum Gasteiger partial charge on any atom is 0.326 e. The van der Waals surface area contributed by atoms with E-state index >= 15 is 0 Å². The van der Waals surface area contributed by atoms with Crippen LogP contribution in [0.4, 0.5) is 0 Å². The quantitative estimate of drug-likeness (QED) is 0.124. The molecular formula is C27H38N6O8. The van der Waals surface area contributed by atoms with Crippen LogP contribution in [0, 0.1) is 5.92 Å². The topological polar surface area (TPSA) is 247 Å². The smallest absolute Gasteiger partial charge is 0.326 e. The molecule has 0 saturated carbocycles. The van der Waals surface area contributed by atoms with E-state index in [0.29, 0.717) is 5.56 Å². The van der Waals surface area contributed by atoms with Gasteiger partial charge in [0.15, 0.2) is 0 Å². The predicted molar refractivity (Wildman–Crippen MR) is 148 cm³/mol. The van der Waals surface area contributed by atoms with E-state index in [4.69, 9.17) is 16.6 Å². The summed E-state index contributed by atoms with van der Waals surface area (Å²) in [5, 5.41) is 26.8. The number of carbonyl (C=O) groups is 6. The van der Waals surface area contributed by atoms with Gasteiger partial charge in [0, 0.05) is 36.4 Å². The van der Waals surface area contributed by atoms with E-state index in [0.717, 1.165) is 10.9 Å².